The molecule has 0 N–H and O–H groups in total. The molecule has 3 heterocycles. The van der Waals surface area contributed by atoms with Gasteiger partial charge in [0.2, 0.25) is 0 Å². The molecule has 8 heteroatoms. The van der Waals surface area contributed by atoms with E-state index in [2.05, 4.69) is 24.8 Å². The number of anilines is 1. The number of thioether (sulfide) groups is 1. The van der Waals surface area contributed by atoms with Gasteiger partial charge in [-0.1, -0.05) is 64.0 Å². The van der Waals surface area contributed by atoms with Crippen molar-refractivity contribution in [1.82, 2.24) is 9.47 Å². The van der Waals surface area contributed by atoms with Gasteiger partial charge in [-0.05, 0) is 50.2 Å². The lowest BCUT2D eigenvalue weighted by atomic mass is 9.98. The van der Waals surface area contributed by atoms with Gasteiger partial charge in [0.15, 0.2) is 0 Å². The molecule has 1 atom stereocenters. The summed E-state index contributed by atoms with van der Waals surface area (Å²) in [5, 5.41) is 9.80. The number of unbranched alkanes of at least 4 members (excludes halogenated alkanes) is 3. The third-order valence-corrected chi connectivity index (χ3v) is 8.01. The maximum absolute atomic E-state index is 13.3. The van der Waals surface area contributed by atoms with Gasteiger partial charge in [0.25, 0.3) is 11.5 Å². The van der Waals surface area contributed by atoms with Gasteiger partial charge >= 0.3 is 0 Å². The monoisotopic (exact) mass is 500 g/mol. The number of nitrogens with zero attached hydrogens (tertiary/aromatic N) is 4. The van der Waals surface area contributed by atoms with Gasteiger partial charge in [0.05, 0.1) is 4.91 Å². The maximum Gasteiger partial charge on any atom is 0.270 e. The lowest BCUT2D eigenvalue weighted by molar-refractivity contribution is -0.122. The molecule has 2 fully saturated rings. The number of hydrogen-bond donors (Lipinski definition) is 0. The summed E-state index contributed by atoms with van der Waals surface area (Å²) >= 11 is 6.86. The van der Waals surface area contributed by atoms with Crippen molar-refractivity contribution in [3.05, 3.63) is 31.9 Å². The zero-order chi connectivity index (χ0) is 24.8. The van der Waals surface area contributed by atoms with Crippen molar-refractivity contribution in [2.24, 2.45) is 5.92 Å². The van der Waals surface area contributed by atoms with Crippen LogP contribution in [0.4, 0.5) is 5.82 Å². The molecule has 0 bridgehead atoms. The minimum atomic E-state index is -0.240. The molecule has 6 nitrogen and oxygen atoms in total. The molecule has 0 radical (unpaired) electrons. The van der Waals surface area contributed by atoms with Gasteiger partial charge in [0.1, 0.15) is 21.8 Å². The summed E-state index contributed by atoms with van der Waals surface area (Å²) in [7, 11) is 0. The van der Waals surface area contributed by atoms with Crippen LogP contribution in [-0.4, -0.2) is 39.3 Å². The molecular formula is C26H36N4O2S2. The van der Waals surface area contributed by atoms with Crippen LogP contribution >= 0.6 is 24.0 Å². The van der Waals surface area contributed by atoms with Crippen molar-refractivity contribution < 1.29 is 4.79 Å². The van der Waals surface area contributed by atoms with Crippen molar-refractivity contribution in [1.29, 1.82) is 5.26 Å². The summed E-state index contributed by atoms with van der Waals surface area (Å²) in [6.45, 7) is 11.1. The quantitative estimate of drug-likeness (QED) is 0.255. The van der Waals surface area contributed by atoms with E-state index in [4.69, 9.17) is 12.2 Å². The van der Waals surface area contributed by atoms with E-state index >= 15 is 0 Å². The zero-order valence-corrected chi connectivity index (χ0v) is 22.5. The van der Waals surface area contributed by atoms with Crippen molar-refractivity contribution >= 4 is 46.1 Å². The summed E-state index contributed by atoms with van der Waals surface area (Å²) in [4.78, 5) is 31.1. The fourth-order valence-corrected chi connectivity index (χ4v) is 6.11. The third kappa shape index (κ3) is 5.58. The molecule has 0 spiro atoms. The first-order valence-electron chi connectivity index (χ1n) is 12.5. The molecule has 184 valence electrons. The minimum absolute atomic E-state index is 0.0735. The Labute approximate surface area is 213 Å². The number of aromatic nitrogens is 1. The molecule has 1 aromatic heterocycles. The highest BCUT2D eigenvalue weighted by Crippen LogP contribution is 2.37. The highest BCUT2D eigenvalue weighted by atomic mass is 32.2. The van der Waals surface area contributed by atoms with E-state index in [0.29, 0.717) is 33.8 Å². The number of carbonyl (C=O) groups is 1. The van der Waals surface area contributed by atoms with Gasteiger partial charge in [0, 0.05) is 31.7 Å². The van der Waals surface area contributed by atoms with Crippen molar-refractivity contribution in [2.75, 3.05) is 24.5 Å². The normalized spacial score (nSPS) is 19.9. The van der Waals surface area contributed by atoms with Gasteiger partial charge in [-0.25, -0.2) is 0 Å². The molecule has 2 aliphatic rings. The Hall–Kier alpha value is -2.11. The Bertz CT molecular complexity index is 1070. The van der Waals surface area contributed by atoms with E-state index in [1.165, 1.54) is 11.8 Å². The molecule has 0 aromatic carbocycles. The first-order valence-corrected chi connectivity index (χ1v) is 13.7. The second kappa shape index (κ2) is 12.0. The highest BCUT2D eigenvalue weighted by Gasteiger charge is 2.33. The molecule has 0 saturated carbocycles. The van der Waals surface area contributed by atoms with E-state index in [9.17, 15) is 14.9 Å². The second-order valence-corrected chi connectivity index (χ2v) is 11.1. The first kappa shape index (κ1) is 26.5. The van der Waals surface area contributed by atoms with Crippen LogP contribution in [0.5, 0.6) is 0 Å². The van der Waals surface area contributed by atoms with Crippen molar-refractivity contribution in [3.8, 4) is 6.07 Å². The average molecular weight is 501 g/mol. The van der Waals surface area contributed by atoms with Gasteiger partial charge in [-0.3, -0.25) is 19.1 Å². The molecule has 34 heavy (non-hydrogen) atoms. The SMILES string of the molecule is CCCCCCN1C(=O)C(=Cc2c(C)c(C#N)c(=O)n(CCC)c2N2CCCC(C)C2)SC1=S. The van der Waals surface area contributed by atoms with E-state index in [0.717, 1.165) is 69.4 Å². The molecule has 1 unspecified atom stereocenters. The third-order valence-electron chi connectivity index (χ3n) is 6.63. The fourth-order valence-electron chi connectivity index (χ4n) is 4.82. The average Bonchev–Trinajstić information content (AvgIpc) is 3.07. The Balaban J connectivity index is 2.09. The predicted molar refractivity (Wildman–Crippen MR) is 145 cm³/mol. The van der Waals surface area contributed by atoms with Crippen LogP contribution in [0.25, 0.3) is 6.08 Å². The number of thiocarbonyl (C=S) groups is 1. The predicted octanol–water partition coefficient (Wildman–Crippen LogP) is 5.46. The van der Waals surface area contributed by atoms with E-state index in [1.807, 2.05) is 19.9 Å². The number of piperidine rings is 1. The first-order chi connectivity index (χ1) is 16.3. The summed E-state index contributed by atoms with van der Waals surface area (Å²) in [5.74, 6) is 1.28. The van der Waals surface area contributed by atoms with Crippen LogP contribution in [-0.2, 0) is 11.3 Å². The summed E-state index contributed by atoms with van der Waals surface area (Å²) in [5.41, 5.74) is 1.35. The van der Waals surface area contributed by atoms with Crippen LogP contribution in [0.15, 0.2) is 9.70 Å². The summed E-state index contributed by atoms with van der Waals surface area (Å²) in [6, 6.07) is 2.13. The van der Waals surface area contributed by atoms with Crippen molar-refractivity contribution in [3.63, 3.8) is 0 Å². The number of carbonyl (C=O) groups excluding carboxylic acids is 1. The van der Waals surface area contributed by atoms with Crippen LogP contribution in [0.1, 0.15) is 82.4 Å². The number of rotatable bonds is 9. The van der Waals surface area contributed by atoms with Crippen LogP contribution in [0.3, 0.4) is 0 Å². The Morgan fingerprint density at radius 2 is 1.94 bits per heavy atom. The molecule has 0 aliphatic carbocycles. The largest absolute Gasteiger partial charge is 0.357 e. The maximum atomic E-state index is 13.3. The minimum Gasteiger partial charge on any atom is -0.357 e. The summed E-state index contributed by atoms with van der Waals surface area (Å²) in [6.07, 6.45) is 9.18. The second-order valence-electron chi connectivity index (χ2n) is 9.39. The van der Waals surface area contributed by atoms with Crippen LogP contribution in [0, 0.1) is 24.2 Å². The van der Waals surface area contributed by atoms with Gasteiger partial charge in [-0.15, -0.1) is 0 Å². The lowest BCUT2D eigenvalue weighted by Gasteiger charge is -2.36. The zero-order valence-electron chi connectivity index (χ0n) is 20.9. The Morgan fingerprint density at radius 1 is 1.18 bits per heavy atom. The van der Waals surface area contributed by atoms with Gasteiger partial charge in [-0.2, -0.15) is 5.26 Å². The lowest BCUT2D eigenvalue weighted by Crippen LogP contribution is -2.40. The molecule has 2 saturated heterocycles. The number of pyridine rings is 1. The topological polar surface area (TPSA) is 69.3 Å². The van der Waals surface area contributed by atoms with Crippen LogP contribution < -0.4 is 10.5 Å². The Morgan fingerprint density at radius 3 is 2.59 bits per heavy atom. The molecule has 3 rings (SSSR count). The highest BCUT2D eigenvalue weighted by molar-refractivity contribution is 8.26. The smallest absolute Gasteiger partial charge is 0.270 e. The van der Waals surface area contributed by atoms with E-state index in [1.54, 1.807) is 9.47 Å². The van der Waals surface area contributed by atoms with E-state index < -0.39 is 0 Å². The fraction of sp³-hybridized carbons (Fsp3) is 0.615. The van der Waals surface area contributed by atoms with Crippen molar-refractivity contribution in [2.45, 2.75) is 79.2 Å². The Kier molecular flexibility index (Phi) is 9.38. The number of nitriles is 1. The van der Waals surface area contributed by atoms with Crippen LogP contribution in [0.2, 0.25) is 0 Å². The van der Waals surface area contributed by atoms with Gasteiger partial charge < -0.3 is 4.90 Å². The molecular weight excluding hydrogens is 464 g/mol. The standard InChI is InChI=1S/C26H36N4O2S2/c1-5-7-8-9-14-30-25(32)22(34-26(30)33)15-20-19(4)21(16-27)24(31)29(12-6-2)23(20)28-13-10-11-18(3)17-28/h15,18H,5-14,17H2,1-4H3. The number of hydrogen-bond acceptors (Lipinski definition) is 6. The van der Waals surface area contributed by atoms with E-state index in [-0.39, 0.29) is 17.0 Å². The summed E-state index contributed by atoms with van der Waals surface area (Å²) < 4.78 is 2.34. The number of amides is 1. The molecule has 1 aromatic rings. The molecule has 2 aliphatic heterocycles. The molecule has 1 amide bonds.